The molecule has 1 aliphatic rings. The smallest absolute Gasteiger partial charge is 0.119 e. The lowest BCUT2D eigenvalue weighted by Crippen LogP contribution is -2.24. The van der Waals surface area contributed by atoms with Crippen LogP contribution in [0.3, 0.4) is 0 Å². The van der Waals surface area contributed by atoms with E-state index < -0.39 is 6.10 Å². The van der Waals surface area contributed by atoms with Gasteiger partial charge in [-0.1, -0.05) is 12.1 Å². The van der Waals surface area contributed by atoms with E-state index in [-0.39, 0.29) is 6.04 Å². The predicted octanol–water partition coefficient (Wildman–Crippen LogP) is 3.41. The van der Waals surface area contributed by atoms with Crippen molar-refractivity contribution in [1.82, 2.24) is 10.3 Å². The van der Waals surface area contributed by atoms with Crippen LogP contribution < -0.4 is 10.1 Å². The molecule has 124 valence electrons. The highest BCUT2D eigenvalue weighted by Gasteiger charge is 2.19. The molecule has 3 rings (SSSR count). The van der Waals surface area contributed by atoms with E-state index in [1.165, 1.54) is 29.8 Å². The molecule has 0 amide bonds. The Balaban J connectivity index is 1.59. The number of nitrogens with one attached hydrogen (secondary N) is 1. The molecular formula is C18H24N2O2S. The lowest BCUT2D eigenvalue weighted by molar-refractivity contribution is 0.170. The average Bonchev–Trinajstić information content (AvgIpc) is 3.03. The molecule has 2 unspecified atom stereocenters. The van der Waals surface area contributed by atoms with Crippen LogP contribution in [0, 0.1) is 0 Å². The van der Waals surface area contributed by atoms with Crippen LogP contribution in [0.1, 0.15) is 53.1 Å². The number of fused-ring (bicyclic) bond motifs is 1. The van der Waals surface area contributed by atoms with Crippen molar-refractivity contribution in [3.8, 4) is 5.75 Å². The van der Waals surface area contributed by atoms with E-state index in [1.807, 2.05) is 35.6 Å². The van der Waals surface area contributed by atoms with Crippen molar-refractivity contribution < 1.29 is 9.84 Å². The topological polar surface area (TPSA) is 54.4 Å². The molecule has 5 heteroatoms. The van der Waals surface area contributed by atoms with Gasteiger partial charge in [0.1, 0.15) is 10.8 Å². The second-order valence-corrected chi connectivity index (χ2v) is 7.17. The SMILES string of the molecule is COc1cccc(C(O)CNC(C)c2nc3c(s2)CCCC3)c1. The van der Waals surface area contributed by atoms with E-state index in [4.69, 9.17) is 9.72 Å². The number of ether oxygens (including phenoxy) is 1. The maximum Gasteiger partial charge on any atom is 0.119 e. The number of aliphatic hydroxyl groups is 1. The third-order valence-electron chi connectivity index (χ3n) is 4.33. The number of hydrogen-bond donors (Lipinski definition) is 2. The van der Waals surface area contributed by atoms with Gasteiger partial charge < -0.3 is 15.2 Å². The second-order valence-electron chi connectivity index (χ2n) is 6.05. The van der Waals surface area contributed by atoms with Crippen LogP contribution in [0.4, 0.5) is 0 Å². The number of rotatable bonds is 6. The van der Waals surface area contributed by atoms with Crippen LogP contribution in [0.5, 0.6) is 5.75 Å². The summed E-state index contributed by atoms with van der Waals surface area (Å²) in [4.78, 5) is 6.24. The Morgan fingerprint density at radius 3 is 2.96 bits per heavy atom. The maximum absolute atomic E-state index is 10.4. The van der Waals surface area contributed by atoms with Crippen LogP contribution >= 0.6 is 11.3 Å². The van der Waals surface area contributed by atoms with Crippen molar-refractivity contribution in [3.63, 3.8) is 0 Å². The van der Waals surface area contributed by atoms with E-state index in [2.05, 4.69) is 12.2 Å². The van der Waals surface area contributed by atoms with Crippen molar-refractivity contribution in [2.75, 3.05) is 13.7 Å². The fourth-order valence-electron chi connectivity index (χ4n) is 2.90. The molecule has 0 radical (unpaired) electrons. The van der Waals surface area contributed by atoms with Gasteiger partial charge in [-0.2, -0.15) is 0 Å². The third kappa shape index (κ3) is 3.91. The summed E-state index contributed by atoms with van der Waals surface area (Å²) in [6.07, 6.45) is 4.27. The number of thiazole rings is 1. The van der Waals surface area contributed by atoms with Crippen molar-refractivity contribution >= 4 is 11.3 Å². The highest BCUT2D eigenvalue weighted by atomic mass is 32.1. The number of aromatic nitrogens is 1. The predicted molar refractivity (Wildman–Crippen MR) is 93.1 cm³/mol. The number of hydrogen-bond acceptors (Lipinski definition) is 5. The Bertz CT molecular complexity index is 633. The Kier molecular flexibility index (Phi) is 5.30. The first-order valence-electron chi connectivity index (χ1n) is 8.21. The van der Waals surface area contributed by atoms with Gasteiger partial charge in [-0.25, -0.2) is 4.98 Å². The van der Waals surface area contributed by atoms with Gasteiger partial charge in [-0.3, -0.25) is 0 Å². The van der Waals surface area contributed by atoms with E-state index >= 15 is 0 Å². The Labute approximate surface area is 141 Å². The van der Waals surface area contributed by atoms with E-state index in [1.54, 1.807) is 7.11 Å². The van der Waals surface area contributed by atoms with Crippen LogP contribution in [-0.2, 0) is 12.8 Å². The molecule has 4 nitrogen and oxygen atoms in total. The van der Waals surface area contributed by atoms with Crippen molar-refractivity contribution in [1.29, 1.82) is 0 Å². The molecule has 1 heterocycles. The zero-order valence-corrected chi connectivity index (χ0v) is 14.5. The van der Waals surface area contributed by atoms with Gasteiger partial charge in [0.2, 0.25) is 0 Å². The molecule has 23 heavy (non-hydrogen) atoms. The monoisotopic (exact) mass is 332 g/mol. The summed E-state index contributed by atoms with van der Waals surface area (Å²) in [5, 5.41) is 14.9. The van der Waals surface area contributed by atoms with Crippen LogP contribution in [0.2, 0.25) is 0 Å². The van der Waals surface area contributed by atoms with E-state index in [0.29, 0.717) is 6.54 Å². The van der Waals surface area contributed by atoms with Crippen LogP contribution in [0.15, 0.2) is 24.3 Å². The first-order chi connectivity index (χ1) is 11.2. The molecule has 0 bridgehead atoms. The quantitative estimate of drug-likeness (QED) is 0.851. The number of benzene rings is 1. The normalized spacial score (nSPS) is 16.7. The van der Waals surface area contributed by atoms with Crippen LogP contribution in [0.25, 0.3) is 0 Å². The zero-order chi connectivity index (χ0) is 16.2. The van der Waals surface area contributed by atoms with Gasteiger partial charge in [0.25, 0.3) is 0 Å². The fourth-order valence-corrected chi connectivity index (χ4v) is 4.08. The average molecular weight is 332 g/mol. The van der Waals surface area contributed by atoms with Gasteiger partial charge in [0.05, 0.1) is 24.9 Å². The number of nitrogens with zero attached hydrogens (tertiary/aromatic N) is 1. The minimum Gasteiger partial charge on any atom is -0.497 e. The Hall–Kier alpha value is -1.43. The van der Waals surface area contributed by atoms with Gasteiger partial charge in [0.15, 0.2) is 0 Å². The van der Waals surface area contributed by atoms with Gasteiger partial charge in [-0.15, -0.1) is 11.3 Å². The molecular weight excluding hydrogens is 308 g/mol. The highest BCUT2D eigenvalue weighted by Crippen LogP contribution is 2.30. The van der Waals surface area contributed by atoms with Crippen LogP contribution in [-0.4, -0.2) is 23.7 Å². The van der Waals surface area contributed by atoms with Crippen molar-refractivity contribution in [3.05, 3.63) is 45.4 Å². The summed E-state index contributed by atoms with van der Waals surface area (Å²) in [6.45, 7) is 2.61. The van der Waals surface area contributed by atoms with Gasteiger partial charge >= 0.3 is 0 Å². The fraction of sp³-hybridized carbons (Fsp3) is 0.500. The summed E-state index contributed by atoms with van der Waals surface area (Å²) in [6, 6.07) is 7.73. The minimum absolute atomic E-state index is 0.158. The first kappa shape index (κ1) is 16.4. The number of aliphatic hydroxyl groups excluding tert-OH is 1. The molecule has 0 spiro atoms. The molecule has 0 saturated carbocycles. The lowest BCUT2D eigenvalue weighted by Gasteiger charge is -2.16. The summed E-state index contributed by atoms with van der Waals surface area (Å²) >= 11 is 1.82. The molecule has 0 fully saturated rings. The summed E-state index contributed by atoms with van der Waals surface area (Å²) < 4.78 is 5.21. The third-order valence-corrected chi connectivity index (χ3v) is 5.67. The molecule has 1 aromatic heterocycles. The standard InChI is InChI=1S/C18H24N2O2S/c1-12(18-20-15-8-3-4-9-17(15)23-18)19-11-16(21)13-6-5-7-14(10-13)22-2/h5-7,10,12,16,19,21H,3-4,8-9,11H2,1-2H3. The molecule has 1 aliphatic carbocycles. The minimum atomic E-state index is -0.554. The molecule has 2 aromatic rings. The second kappa shape index (κ2) is 7.43. The molecule has 1 aromatic carbocycles. The lowest BCUT2D eigenvalue weighted by atomic mass is 10.0. The van der Waals surface area contributed by atoms with Crippen molar-refractivity contribution in [2.24, 2.45) is 0 Å². The largest absolute Gasteiger partial charge is 0.497 e. The summed E-state index contributed by atoms with van der Waals surface area (Å²) in [7, 11) is 1.63. The molecule has 2 atom stereocenters. The number of aryl methyl sites for hydroxylation is 2. The van der Waals surface area contributed by atoms with E-state index in [9.17, 15) is 5.11 Å². The molecule has 0 aliphatic heterocycles. The maximum atomic E-state index is 10.4. The molecule has 0 saturated heterocycles. The van der Waals surface area contributed by atoms with Crippen molar-refractivity contribution in [2.45, 2.75) is 44.8 Å². The summed E-state index contributed by atoms with van der Waals surface area (Å²) in [5.74, 6) is 0.766. The number of methoxy groups -OCH3 is 1. The highest BCUT2D eigenvalue weighted by molar-refractivity contribution is 7.11. The van der Waals surface area contributed by atoms with Gasteiger partial charge in [0, 0.05) is 11.4 Å². The van der Waals surface area contributed by atoms with Gasteiger partial charge in [-0.05, 0) is 50.3 Å². The summed E-state index contributed by atoms with van der Waals surface area (Å²) in [5.41, 5.74) is 2.15. The Morgan fingerprint density at radius 1 is 1.35 bits per heavy atom. The first-order valence-corrected chi connectivity index (χ1v) is 9.03. The van der Waals surface area contributed by atoms with E-state index in [0.717, 1.165) is 22.7 Å². The zero-order valence-electron chi connectivity index (χ0n) is 13.7. The molecule has 2 N–H and O–H groups in total. The Morgan fingerprint density at radius 2 is 2.17 bits per heavy atom.